The summed E-state index contributed by atoms with van der Waals surface area (Å²) in [5, 5.41) is 2.72. The molecule has 2 amide bonds. The molecular weight excluding hydrogens is 413 g/mol. The lowest BCUT2D eigenvalue weighted by molar-refractivity contribution is -0.141. The summed E-state index contributed by atoms with van der Waals surface area (Å²) in [7, 11) is 0. The van der Waals surface area contributed by atoms with Crippen LogP contribution in [0.5, 0.6) is 0 Å². The third kappa shape index (κ3) is 6.08. The minimum Gasteiger partial charge on any atom is -0.463 e. The molecule has 0 aliphatic carbocycles. The van der Waals surface area contributed by atoms with Crippen molar-refractivity contribution in [1.29, 1.82) is 0 Å². The Morgan fingerprint density at radius 1 is 1.23 bits per heavy atom. The highest BCUT2D eigenvalue weighted by Gasteiger charge is 2.38. The van der Waals surface area contributed by atoms with Gasteiger partial charge in [-0.15, -0.1) is 0 Å². The van der Waals surface area contributed by atoms with Crippen LogP contribution in [0.1, 0.15) is 51.2 Å². The van der Waals surface area contributed by atoms with Gasteiger partial charge in [0.05, 0.1) is 17.7 Å². The molecule has 1 aromatic carbocycles. The molecule has 31 heavy (non-hydrogen) atoms. The van der Waals surface area contributed by atoms with Crippen molar-refractivity contribution < 1.29 is 32.3 Å². The Morgan fingerprint density at radius 2 is 1.84 bits per heavy atom. The van der Waals surface area contributed by atoms with Gasteiger partial charge < -0.3 is 15.0 Å². The minimum absolute atomic E-state index is 0.0954. The number of amides is 2. The van der Waals surface area contributed by atoms with Crippen LogP contribution in [-0.4, -0.2) is 42.4 Å². The minimum atomic E-state index is -4.49. The van der Waals surface area contributed by atoms with E-state index in [0.717, 1.165) is 12.1 Å². The molecule has 0 bridgehead atoms. The van der Waals surface area contributed by atoms with Gasteiger partial charge in [-0.05, 0) is 37.5 Å². The summed E-state index contributed by atoms with van der Waals surface area (Å²) in [5.41, 5.74) is 0.00467. The SMILES string of the molecule is CCOC(=O)C1=C(C)N(CC(=O)NCC(C)C)C(=O)CC1c1ccc(C(F)(F)F)cc1. The van der Waals surface area contributed by atoms with Crippen LogP contribution in [0.25, 0.3) is 0 Å². The molecule has 0 aromatic heterocycles. The lowest BCUT2D eigenvalue weighted by Crippen LogP contribution is -2.44. The smallest absolute Gasteiger partial charge is 0.416 e. The number of nitrogens with zero attached hydrogens (tertiary/aromatic N) is 1. The molecule has 1 aliphatic heterocycles. The van der Waals surface area contributed by atoms with E-state index in [9.17, 15) is 27.6 Å². The van der Waals surface area contributed by atoms with Gasteiger partial charge in [-0.3, -0.25) is 9.59 Å². The van der Waals surface area contributed by atoms with E-state index in [-0.39, 0.29) is 42.7 Å². The summed E-state index contributed by atoms with van der Waals surface area (Å²) < 4.78 is 43.8. The number of carbonyl (C=O) groups is 3. The monoisotopic (exact) mass is 440 g/mol. The summed E-state index contributed by atoms with van der Waals surface area (Å²) in [6, 6.07) is 4.36. The van der Waals surface area contributed by atoms with E-state index in [1.165, 1.54) is 24.0 Å². The molecule has 6 nitrogen and oxygen atoms in total. The van der Waals surface area contributed by atoms with Gasteiger partial charge >= 0.3 is 12.1 Å². The van der Waals surface area contributed by atoms with Gasteiger partial charge in [0.25, 0.3) is 0 Å². The van der Waals surface area contributed by atoms with E-state index < -0.39 is 29.5 Å². The highest BCUT2D eigenvalue weighted by molar-refractivity contribution is 5.97. The number of alkyl halides is 3. The first-order chi connectivity index (χ1) is 14.5. The molecular formula is C22H27F3N2O4. The van der Waals surface area contributed by atoms with E-state index >= 15 is 0 Å². The van der Waals surface area contributed by atoms with Crippen LogP contribution >= 0.6 is 0 Å². The van der Waals surface area contributed by atoms with Gasteiger partial charge in [-0.1, -0.05) is 26.0 Å². The first-order valence-electron chi connectivity index (χ1n) is 10.1. The van der Waals surface area contributed by atoms with E-state index in [4.69, 9.17) is 4.74 Å². The zero-order valence-electron chi connectivity index (χ0n) is 18.0. The zero-order chi connectivity index (χ0) is 23.3. The van der Waals surface area contributed by atoms with Gasteiger partial charge in [0.1, 0.15) is 6.54 Å². The Labute approximate surface area is 179 Å². The third-order valence-electron chi connectivity index (χ3n) is 4.97. The Morgan fingerprint density at radius 3 is 2.35 bits per heavy atom. The number of rotatable bonds is 7. The van der Waals surface area contributed by atoms with E-state index in [1.54, 1.807) is 6.92 Å². The maximum atomic E-state index is 12.9. The van der Waals surface area contributed by atoms with Gasteiger partial charge in [-0.2, -0.15) is 13.2 Å². The average molecular weight is 440 g/mol. The molecule has 0 spiro atoms. The lowest BCUT2D eigenvalue weighted by atomic mass is 9.83. The number of ether oxygens (including phenoxy) is 1. The zero-order valence-corrected chi connectivity index (χ0v) is 18.0. The number of hydrogen-bond acceptors (Lipinski definition) is 4. The Hall–Kier alpha value is -2.84. The molecule has 2 rings (SSSR count). The summed E-state index contributed by atoms with van der Waals surface area (Å²) in [6.07, 6.45) is -4.65. The first kappa shape index (κ1) is 24.4. The van der Waals surface area contributed by atoms with Gasteiger partial charge in [-0.25, -0.2) is 4.79 Å². The molecule has 1 N–H and O–H groups in total. The second kappa shape index (κ2) is 9.98. The van der Waals surface area contributed by atoms with Crippen molar-refractivity contribution in [3.05, 3.63) is 46.7 Å². The first-order valence-corrected chi connectivity index (χ1v) is 10.1. The van der Waals surface area contributed by atoms with Crippen molar-refractivity contribution >= 4 is 17.8 Å². The summed E-state index contributed by atoms with van der Waals surface area (Å²) in [6.45, 7) is 7.33. The van der Waals surface area contributed by atoms with E-state index in [1.807, 2.05) is 13.8 Å². The van der Waals surface area contributed by atoms with Crippen molar-refractivity contribution in [2.24, 2.45) is 5.92 Å². The summed E-state index contributed by atoms with van der Waals surface area (Å²) in [5.74, 6) is -1.95. The second-order valence-electron chi connectivity index (χ2n) is 7.77. The number of allylic oxidation sites excluding steroid dienone is 1. The van der Waals surface area contributed by atoms with Crippen molar-refractivity contribution in [2.45, 2.75) is 46.2 Å². The second-order valence-corrected chi connectivity index (χ2v) is 7.77. The van der Waals surface area contributed by atoms with Crippen LogP contribution in [-0.2, 0) is 25.3 Å². The highest BCUT2D eigenvalue weighted by atomic mass is 19.4. The van der Waals surface area contributed by atoms with Crippen molar-refractivity contribution in [3.8, 4) is 0 Å². The fraction of sp³-hybridized carbons (Fsp3) is 0.500. The molecule has 0 saturated heterocycles. The van der Waals surface area contributed by atoms with Crippen LogP contribution in [0.4, 0.5) is 13.2 Å². The predicted molar refractivity (Wildman–Crippen MR) is 108 cm³/mol. The molecule has 1 atom stereocenters. The van der Waals surface area contributed by atoms with E-state index in [0.29, 0.717) is 12.1 Å². The van der Waals surface area contributed by atoms with Crippen LogP contribution in [0.2, 0.25) is 0 Å². The largest absolute Gasteiger partial charge is 0.463 e. The topological polar surface area (TPSA) is 75.7 Å². The molecule has 1 aromatic rings. The maximum absolute atomic E-state index is 12.9. The standard InChI is InChI=1S/C22H27F3N2O4/c1-5-31-21(30)20-14(4)27(12-18(28)26-11-13(2)3)19(29)10-17(20)15-6-8-16(9-7-15)22(23,24)25/h6-9,13,17H,5,10-12H2,1-4H3,(H,26,28). The number of hydrogen-bond donors (Lipinski definition) is 1. The Bertz CT molecular complexity index is 861. The Kier molecular flexibility index (Phi) is 7.86. The molecule has 0 saturated carbocycles. The Balaban J connectivity index is 2.39. The number of esters is 1. The molecule has 1 unspecified atom stereocenters. The third-order valence-corrected chi connectivity index (χ3v) is 4.97. The number of carbonyl (C=O) groups excluding carboxylic acids is 3. The van der Waals surface area contributed by atoms with Gasteiger partial charge in [0, 0.05) is 24.6 Å². The fourth-order valence-electron chi connectivity index (χ4n) is 3.38. The summed E-state index contributed by atoms with van der Waals surface area (Å²) >= 11 is 0. The number of benzene rings is 1. The van der Waals surface area contributed by atoms with Crippen LogP contribution in [0, 0.1) is 5.92 Å². The fourth-order valence-corrected chi connectivity index (χ4v) is 3.38. The molecule has 1 heterocycles. The number of nitrogens with one attached hydrogen (secondary N) is 1. The van der Waals surface area contributed by atoms with E-state index in [2.05, 4.69) is 5.32 Å². The van der Waals surface area contributed by atoms with Crippen LogP contribution in [0.15, 0.2) is 35.5 Å². The van der Waals surface area contributed by atoms with Crippen LogP contribution in [0.3, 0.4) is 0 Å². The maximum Gasteiger partial charge on any atom is 0.416 e. The lowest BCUT2D eigenvalue weighted by Gasteiger charge is -2.34. The molecule has 9 heteroatoms. The summed E-state index contributed by atoms with van der Waals surface area (Å²) in [4.78, 5) is 38.9. The van der Waals surface area contributed by atoms with Gasteiger partial charge in [0.15, 0.2) is 0 Å². The van der Waals surface area contributed by atoms with Crippen molar-refractivity contribution in [3.63, 3.8) is 0 Å². The quantitative estimate of drug-likeness (QED) is 0.657. The molecule has 1 aliphatic rings. The molecule has 170 valence electrons. The van der Waals surface area contributed by atoms with Crippen molar-refractivity contribution in [2.75, 3.05) is 19.7 Å². The molecule has 0 fully saturated rings. The van der Waals surface area contributed by atoms with Gasteiger partial charge in [0.2, 0.25) is 11.8 Å². The predicted octanol–water partition coefficient (Wildman–Crippen LogP) is 3.63. The highest BCUT2D eigenvalue weighted by Crippen LogP contribution is 2.38. The number of halogens is 3. The molecule has 0 radical (unpaired) electrons. The van der Waals surface area contributed by atoms with Crippen LogP contribution < -0.4 is 5.32 Å². The van der Waals surface area contributed by atoms with Crippen molar-refractivity contribution in [1.82, 2.24) is 10.2 Å². The average Bonchev–Trinajstić information content (AvgIpc) is 2.68. The normalized spacial score (nSPS) is 17.2.